The quantitative estimate of drug-likeness (QED) is 0.760. The summed E-state index contributed by atoms with van der Waals surface area (Å²) in [5, 5.41) is 0. The molecule has 1 aliphatic rings. The lowest BCUT2D eigenvalue weighted by Gasteiger charge is -2.15. The predicted molar refractivity (Wildman–Crippen MR) is 78.7 cm³/mol. The van der Waals surface area contributed by atoms with E-state index in [4.69, 9.17) is 12.2 Å². The minimum atomic E-state index is -4.33. The number of aromatic amines is 1. The zero-order valence-electron chi connectivity index (χ0n) is 11.8. The van der Waals surface area contributed by atoms with Crippen LogP contribution < -0.4 is 0 Å². The van der Waals surface area contributed by atoms with Gasteiger partial charge in [-0.2, -0.15) is 13.2 Å². The summed E-state index contributed by atoms with van der Waals surface area (Å²) < 4.78 is 40.7. The van der Waals surface area contributed by atoms with Crippen LogP contribution in [-0.2, 0) is 12.7 Å². The highest BCUT2D eigenvalue weighted by atomic mass is 32.1. The normalized spacial score (nSPS) is 17.3. The van der Waals surface area contributed by atoms with Gasteiger partial charge in [0, 0.05) is 6.54 Å². The van der Waals surface area contributed by atoms with E-state index in [-0.39, 0.29) is 0 Å². The summed E-state index contributed by atoms with van der Waals surface area (Å²) >= 11 is 5.30. The highest BCUT2D eigenvalue weighted by Crippen LogP contribution is 2.51. The Morgan fingerprint density at radius 2 is 2.05 bits per heavy atom. The monoisotopic (exact) mass is 314 g/mol. The first-order valence-electron chi connectivity index (χ1n) is 7.14. The van der Waals surface area contributed by atoms with Crippen molar-refractivity contribution in [3.63, 3.8) is 0 Å². The number of hydrogen-bond donors (Lipinski definition) is 1. The van der Waals surface area contributed by atoms with E-state index in [0.717, 1.165) is 37.0 Å². The van der Waals surface area contributed by atoms with E-state index < -0.39 is 11.7 Å². The summed E-state index contributed by atoms with van der Waals surface area (Å²) in [7, 11) is 0. The Kier molecular flexibility index (Phi) is 3.39. The van der Waals surface area contributed by atoms with Gasteiger partial charge in [0.1, 0.15) is 0 Å². The fourth-order valence-electron chi connectivity index (χ4n) is 3.03. The van der Waals surface area contributed by atoms with Crippen molar-refractivity contribution in [2.45, 2.75) is 45.3 Å². The van der Waals surface area contributed by atoms with Gasteiger partial charge in [-0.25, -0.2) is 0 Å². The van der Waals surface area contributed by atoms with Crippen LogP contribution in [0.1, 0.15) is 38.2 Å². The molecule has 1 N–H and O–H groups in total. The molecule has 3 rings (SSSR count). The lowest BCUT2D eigenvalue weighted by Crippen LogP contribution is -2.11. The van der Waals surface area contributed by atoms with Crippen LogP contribution in [0.4, 0.5) is 13.2 Å². The van der Waals surface area contributed by atoms with Gasteiger partial charge < -0.3 is 9.55 Å². The molecule has 2 nitrogen and oxygen atoms in total. The van der Waals surface area contributed by atoms with Crippen LogP contribution in [0, 0.1) is 10.2 Å². The van der Waals surface area contributed by atoms with Gasteiger partial charge in [-0.05, 0) is 55.1 Å². The van der Waals surface area contributed by atoms with Gasteiger partial charge in [-0.15, -0.1) is 0 Å². The number of halogens is 3. The minimum Gasteiger partial charge on any atom is -0.331 e. The maximum atomic E-state index is 12.8. The van der Waals surface area contributed by atoms with E-state index in [1.54, 1.807) is 0 Å². The van der Waals surface area contributed by atoms with E-state index in [1.165, 1.54) is 18.9 Å². The molecule has 0 bridgehead atoms. The van der Waals surface area contributed by atoms with Gasteiger partial charge >= 0.3 is 6.18 Å². The first-order chi connectivity index (χ1) is 9.85. The summed E-state index contributed by atoms with van der Waals surface area (Å²) in [6, 6.07) is 3.79. The number of H-pyrrole nitrogens is 1. The Morgan fingerprint density at radius 1 is 1.33 bits per heavy atom. The molecular weight excluding hydrogens is 297 g/mol. The molecule has 1 heterocycles. The van der Waals surface area contributed by atoms with Crippen molar-refractivity contribution in [3.05, 3.63) is 28.5 Å². The second kappa shape index (κ2) is 4.87. The number of nitrogens with zero attached hydrogens (tertiary/aromatic N) is 1. The Hall–Kier alpha value is -1.30. The molecule has 1 aromatic carbocycles. The molecule has 0 spiro atoms. The van der Waals surface area contributed by atoms with E-state index in [9.17, 15) is 13.2 Å². The molecule has 6 heteroatoms. The standard InChI is InChI=1S/C15H17F3N2S/c1-2-5-14(6-7-14)9-20-12-4-3-10(15(16,17)18)8-11(12)19-13(20)21/h3-4,8H,2,5-7,9H2,1H3,(H,19,21). The summed E-state index contributed by atoms with van der Waals surface area (Å²) in [4.78, 5) is 2.91. The van der Waals surface area contributed by atoms with Gasteiger partial charge in [0.25, 0.3) is 0 Å². The highest BCUT2D eigenvalue weighted by molar-refractivity contribution is 7.71. The van der Waals surface area contributed by atoms with E-state index >= 15 is 0 Å². The van der Waals surface area contributed by atoms with Gasteiger partial charge in [-0.1, -0.05) is 13.3 Å². The van der Waals surface area contributed by atoms with Crippen molar-refractivity contribution in [2.75, 3.05) is 0 Å². The fraction of sp³-hybridized carbons (Fsp3) is 0.533. The zero-order chi connectivity index (χ0) is 15.3. The van der Waals surface area contributed by atoms with Crippen LogP contribution in [0.15, 0.2) is 18.2 Å². The third-order valence-electron chi connectivity index (χ3n) is 4.33. The maximum absolute atomic E-state index is 12.8. The number of alkyl halides is 3. The molecule has 1 aromatic heterocycles. The smallest absolute Gasteiger partial charge is 0.331 e. The van der Waals surface area contributed by atoms with E-state index in [2.05, 4.69) is 11.9 Å². The van der Waals surface area contributed by atoms with Crippen LogP contribution in [0.2, 0.25) is 0 Å². The number of aromatic nitrogens is 2. The van der Waals surface area contributed by atoms with Crippen LogP contribution in [0.3, 0.4) is 0 Å². The van der Waals surface area contributed by atoms with E-state index in [1.807, 2.05) is 4.57 Å². The first kappa shape index (κ1) is 14.6. The van der Waals surface area contributed by atoms with Crippen molar-refractivity contribution in [3.8, 4) is 0 Å². The van der Waals surface area contributed by atoms with Crippen LogP contribution in [-0.4, -0.2) is 9.55 Å². The SMILES string of the molecule is CCCC1(Cn2c(=S)[nH]c3cc(C(F)(F)F)ccc32)CC1. The molecule has 1 aliphatic carbocycles. The van der Waals surface area contributed by atoms with Crippen LogP contribution in [0.5, 0.6) is 0 Å². The molecule has 0 amide bonds. The van der Waals surface area contributed by atoms with Crippen molar-refractivity contribution < 1.29 is 13.2 Å². The minimum absolute atomic E-state index is 0.296. The third-order valence-corrected chi connectivity index (χ3v) is 4.65. The molecule has 0 atom stereocenters. The average Bonchev–Trinajstić information content (AvgIpc) is 3.08. The number of nitrogens with one attached hydrogen (secondary N) is 1. The van der Waals surface area contributed by atoms with Crippen molar-refractivity contribution in [1.82, 2.24) is 9.55 Å². The largest absolute Gasteiger partial charge is 0.416 e. The fourth-order valence-corrected chi connectivity index (χ4v) is 3.30. The topological polar surface area (TPSA) is 20.7 Å². The van der Waals surface area contributed by atoms with Gasteiger partial charge in [0.05, 0.1) is 16.6 Å². The number of rotatable bonds is 4. The van der Waals surface area contributed by atoms with Crippen molar-refractivity contribution in [2.24, 2.45) is 5.41 Å². The second-order valence-corrected chi connectivity index (χ2v) is 6.38. The number of hydrogen-bond acceptors (Lipinski definition) is 1. The molecular formula is C15H17F3N2S. The lowest BCUT2D eigenvalue weighted by atomic mass is 10.0. The molecule has 1 saturated carbocycles. The molecule has 2 aromatic rings. The Morgan fingerprint density at radius 3 is 2.62 bits per heavy atom. The highest BCUT2D eigenvalue weighted by Gasteiger charge is 2.42. The zero-order valence-corrected chi connectivity index (χ0v) is 12.6. The molecule has 0 saturated heterocycles. The molecule has 0 radical (unpaired) electrons. The summed E-state index contributed by atoms with van der Waals surface area (Å²) in [5.74, 6) is 0. The predicted octanol–water partition coefficient (Wildman–Crippen LogP) is 5.30. The molecule has 21 heavy (non-hydrogen) atoms. The lowest BCUT2D eigenvalue weighted by molar-refractivity contribution is -0.137. The van der Waals surface area contributed by atoms with Crippen LogP contribution >= 0.6 is 12.2 Å². The Labute approximate surface area is 126 Å². The van der Waals surface area contributed by atoms with Gasteiger partial charge in [0.15, 0.2) is 4.77 Å². The van der Waals surface area contributed by atoms with Gasteiger partial charge in [0.2, 0.25) is 0 Å². The summed E-state index contributed by atoms with van der Waals surface area (Å²) in [6.07, 6.45) is 0.285. The molecule has 1 fully saturated rings. The van der Waals surface area contributed by atoms with Crippen LogP contribution in [0.25, 0.3) is 11.0 Å². The number of imidazole rings is 1. The summed E-state index contributed by atoms with van der Waals surface area (Å²) in [5.41, 5.74) is 0.871. The third kappa shape index (κ3) is 2.73. The molecule has 0 unspecified atom stereocenters. The number of fused-ring (bicyclic) bond motifs is 1. The van der Waals surface area contributed by atoms with E-state index in [0.29, 0.717) is 15.7 Å². The average molecular weight is 314 g/mol. The maximum Gasteiger partial charge on any atom is 0.416 e. The molecule has 0 aliphatic heterocycles. The number of benzene rings is 1. The first-order valence-corrected chi connectivity index (χ1v) is 7.55. The van der Waals surface area contributed by atoms with Crippen molar-refractivity contribution >= 4 is 23.3 Å². The van der Waals surface area contributed by atoms with Crippen molar-refractivity contribution in [1.29, 1.82) is 0 Å². The van der Waals surface area contributed by atoms with Gasteiger partial charge in [-0.3, -0.25) is 0 Å². The second-order valence-electron chi connectivity index (χ2n) is 6.00. The molecule has 114 valence electrons. The Bertz CT molecular complexity index is 723. The summed E-state index contributed by atoms with van der Waals surface area (Å²) in [6.45, 7) is 2.95. The Balaban J connectivity index is 2.01.